The van der Waals surface area contributed by atoms with Gasteiger partial charge >= 0.3 is 5.97 Å². The molecule has 26 heavy (non-hydrogen) atoms. The average Bonchev–Trinajstić information content (AvgIpc) is 2.63. The van der Waals surface area contributed by atoms with E-state index in [4.69, 9.17) is 14.2 Å². The van der Waals surface area contributed by atoms with Gasteiger partial charge in [0.15, 0.2) is 6.61 Å². The maximum atomic E-state index is 12.5. The molecule has 6 heteroatoms. The van der Waals surface area contributed by atoms with Crippen LogP contribution in [0.5, 0.6) is 5.75 Å². The summed E-state index contributed by atoms with van der Waals surface area (Å²) in [5.74, 6) is -0.370. The van der Waals surface area contributed by atoms with Crippen molar-refractivity contribution in [2.45, 2.75) is 26.1 Å². The first kappa shape index (κ1) is 18.2. The molecule has 1 saturated heterocycles. The van der Waals surface area contributed by atoms with E-state index in [9.17, 15) is 9.59 Å². The average molecular weight is 357 g/mol. The molecule has 0 unspecified atom stereocenters. The van der Waals surface area contributed by atoms with Gasteiger partial charge in [-0.2, -0.15) is 0 Å². The van der Waals surface area contributed by atoms with Crippen LogP contribution in [0.2, 0.25) is 0 Å². The van der Waals surface area contributed by atoms with Gasteiger partial charge in [0.2, 0.25) is 0 Å². The Labute approximate surface area is 152 Å². The number of benzene rings is 2. The number of carbonyl (C=O) groups excluding carboxylic acids is 2. The summed E-state index contributed by atoms with van der Waals surface area (Å²) in [5.41, 5.74) is 0.308. The fourth-order valence-electron chi connectivity index (χ4n) is 3.23. The van der Waals surface area contributed by atoms with E-state index < -0.39 is 5.97 Å². The number of esters is 1. The molecule has 0 aliphatic carbocycles. The fraction of sp³-hybridized carbons (Fsp3) is 0.400. The quantitative estimate of drug-likeness (QED) is 0.787. The molecule has 2 aromatic rings. The Balaban J connectivity index is 1.70. The Morgan fingerprint density at radius 3 is 2.35 bits per heavy atom. The summed E-state index contributed by atoms with van der Waals surface area (Å²) in [6, 6.07) is 11.2. The van der Waals surface area contributed by atoms with Crippen molar-refractivity contribution in [2.24, 2.45) is 0 Å². The maximum Gasteiger partial charge on any atom is 0.342 e. The molecule has 1 aliphatic rings. The first-order valence-corrected chi connectivity index (χ1v) is 8.65. The van der Waals surface area contributed by atoms with Crippen molar-refractivity contribution >= 4 is 22.6 Å². The van der Waals surface area contributed by atoms with Crippen LogP contribution in [0.25, 0.3) is 10.8 Å². The third kappa shape index (κ3) is 3.96. The zero-order chi connectivity index (χ0) is 18.7. The number of ether oxygens (including phenoxy) is 3. The molecule has 6 nitrogen and oxygen atoms in total. The van der Waals surface area contributed by atoms with E-state index in [0.717, 1.165) is 10.8 Å². The smallest absolute Gasteiger partial charge is 0.342 e. The van der Waals surface area contributed by atoms with Crippen LogP contribution in [0.15, 0.2) is 36.4 Å². The van der Waals surface area contributed by atoms with E-state index >= 15 is 0 Å². The van der Waals surface area contributed by atoms with Gasteiger partial charge in [-0.05, 0) is 36.8 Å². The van der Waals surface area contributed by atoms with Gasteiger partial charge in [-0.15, -0.1) is 0 Å². The third-order valence-corrected chi connectivity index (χ3v) is 4.39. The minimum atomic E-state index is -0.574. The van der Waals surface area contributed by atoms with Crippen molar-refractivity contribution in [1.29, 1.82) is 0 Å². The van der Waals surface area contributed by atoms with Gasteiger partial charge in [0.25, 0.3) is 5.91 Å². The number of hydrogen-bond donors (Lipinski definition) is 0. The van der Waals surface area contributed by atoms with Crippen molar-refractivity contribution in [3.63, 3.8) is 0 Å². The summed E-state index contributed by atoms with van der Waals surface area (Å²) in [7, 11) is 1.50. The molecule has 1 heterocycles. The highest BCUT2D eigenvalue weighted by Crippen LogP contribution is 2.26. The molecule has 138 valence electrons. The molecule has 0 N–H and O–H groups in total. The molecular formula is C20H23NO5. The van der Waals surface area contributed by atoms with E-state index in [1.165, 1.54) is 7.11 Å². The van der Waals surface area contributed by atoms with Gasteiger partial charge in [-0.1, -0.05) is 24.3 Å². The number of amides is 1. The molecule has 0 radical (unpaired) electrons. The SMILES string of the molecule is COc1cc2ccccc2cc1C(=O)OCC(=O)N1C[C@@H](C)O[C@@H](C)C1. The summed E-state index contributed by atoms with van der Waals surface area (Å²) in [6.45, 7) is 4.54. The molecule has 0 aromatic heterocycles. The largest absolute Gasteiger partial charge is 0.496 e. The predicted octanol–water partition coefficient (Wildman–Crippen LogP) is 2.64. The van der Waals surface area contributed by atoms with Crippen molar-refractivity contribution in [3.8, 4) is 5.75 Å². The number of nitrogens with zero attached hydrogens (tertiary/aromatic N) is 1. The van der Waals surface area contributed by atoms with E-state index in [0.29, 0.717) is 24.4 Å². The van der Waals surface area contributed by atoms with E-state index in [1.54, 1.807) is 17.0 Å². The number of rotatable bonds is 4. The lowest BCUT2D eigenvalue weighted by Gasteiger charge is -2.35. The number of fused-ring (bicyclic) bond motifs is 1. The lowest BCUT2D eigenvalue weighted by molar-refractivity contribution is -0.146. The van der Waals surface area contributed by atoms with Crippen LogP contribution in [0, 0.1) is 0 Å². The first-order valence-electron chi connectivity index (χ1n) is 8.65. The molecule has 1 amide bonds. The highest BCUT2D eigenvalue weighted by Gasteiger charge is 2.27. The normalized spacial score (nSPS) is 20.0. The second kappa shape index (κ2) is 7.74. The Kier molecular flexibility index (Phi) is 5.42. The maximum absolute atomic E-state index is 12.5. The van der Waals surface area contributed by atoms with Crippen LogP contribution in [-0.4, -0.2) is 55.8 Å². The summed E-state index contributed by atoms with van der Waals surface area (Å²) in [4.78, 5) is 26.5. The van der Waals surface area contributed by atoms with Gasteiger partial charge in [0.05, 0.1) is 19.3 Å². The van der Waals surface area contributed by atoms with Crippen molar-refractivity contribution in [3.05, 3.63) is 42.0 Å². The molecule has 1 aliphatic heterocycles. The summed E-state index contributed by atoms with van der Waals surface area (Å²) >= 11 is 0. The molecular weight excluding hydrogens is 334 g/mol. The van der Waals surface area contributed by atoms with Crippen molar-refractivity contribution in [2.75, 3.05) is 26.8 Å². The Hall–Kier alpha value is -2.60. The number of methoxy groups -OCH3 is 1. The van der Waals surface area contributed by atoms with E-state index in [1.807, 2.05) is 38.1 Å². The van der Waals surface area contributed by atoms with Crippen LogP contribution in [-0.2, 0) is 14.3 Å². The van der Waals surface area contributed by atoms with Gasteiger partial charge in [0, 0.05) is 13.1 Å². The van der Waals surface area contributed by atoms with Crippen molar-refractivity contribution in [1.82, 2.24) is 4.90 Å². The lowest BCUT2D eigenvalue weighted by atomic mass is 10.1. The molecule has 0 bridgehead atoms. The Bertz CT molecular complexity index is 809. The highest BCUT2D eigenvalue weighted by molar-refractivity contribution is 5.99. The van der Waals surface area contributed by atoms with Crippen LogP contribution in [0.1, 0.15) is 24.2 Å². The summed E-state index contributed by atoms with van der Waals surface area (Å²) in [6.07, 6.45) is -0.0574. The van der Waals surface area contributed by atoms with Crippen LogP contribution >= 0.6 is 0 Å². The highest BCUT2D eigenvalue weighted by atomic mass is 16.5. The molecule has 1 fully saturated rings. The minimum absolute atomic E-state index is 0.0287. The number of morpholine rings is 1. The minimum Gasteiger partial charge on any atom is -0.496 e. The van der Waals surface area contributed by atoms with E-state index in [2.05, 4.69) is 0 Å². The summed E-state index contributed by atoms with van der Waals surface area (Å²) < 4.78 is 16.2. The zero-order valence-corrected chi connectivity index (χ0v) is 15.2. The van der Waals surface area contributed by atoms with Gasteiger partial charge in [0.1, 0.15) is 11.3 Å². The summed E-state index contributed by atoms with van der Waals surface area (Å²) in [5, 5.41) is 1.87. The third-order valence-electron chi connectivity index (χ3n) is 4.39. The Morgan fingerprint density at radius 2 is 1.73 bits per heavy atom. The first-order chi connectivity index (χ1) is 12.5. The Morgan fingerprint density at radius 1 is 1.12 bits per heavy atom. The van der Waals surface area contributed by atoms with Gasteiger partial charge in [-0.3, -0.25) is 4.79 Å². The second-order valence-corrected chi connectivity index (χ2v) is 6.53. The van der Waals surface area contributed by atoms with Gasteiger partial charge < -0.3 is 19.1 Å². The zero-order valence-electron chi connectivity index (χ0n) is 15.2. The van der Waals surface area contributed by atoms with Crippen LogP contribution in [0.4, 0.5) is 0 Å². The topological polar surface area (TPSA) is 65.1 Å². The molecule has 2 atom stereocenters. The van der Waals surface area contributed by atoms with Gasteiger partial charge in [-0.25, -0.2) is 4.79 Å². The van der Waals surface area contributed by atoms with E-state index in [-0.39, 0.29) is 24.7 Å². The van der Waals surface area contributed by atoms with Crippen LogP contribution < -0.4 is 4.74 Å². The molecule has 2 aromatic carbocycles. The molecule has 0 spiro atoms. The number of hydrogen-bond acceptors (Lipinski definition) is 5. The van der Waals surface area contributed by atoms with Crippen LogP contribution in [0.3, 0.4) is 0 Å². The fourth-order valence-corrected chi connectivity index (χ4v) is 3.23. The predicted molar refractivity (Wildman–Crippen MR) is 97.4 cm³/mol. The standard InChI is InChI=1S/C20H23NO5/c1-13-10-21(11-14(2)26-13)19(22)12-25-20(23)17-8-15-6-4-5-7-16(15)9-18(17)24-3/h4-9,13-14H,10-12H2,1-3H3/t13-,14+. The monoisotopic (exact) mass is 357 g/mol. The second-order valence-electron chi connectivity index (χ2n) is 6.53. The lowest BCUT2D eigenvalue weighted by Crippen LogP contribution is -2.49. The molecule has 3 rings (SSSR count). The number of carbonyl (C=O) groups is 2. The molecule has 0 saturated carbocycles. The van der Waals surface area contributed by atoms with Crippen molar-refractivity contribution < 1.29 is 23.8 Å².